The summed E-state index contributed by atoms with van der Waals surface area (Å²) in [7, 11) is 3.92. The minimum absolute atomic E-state index is 0.0733. The lowest BCUT2D eigenvalue weighted by molar-refractivity contribution is 0.476. The zero-order valence-corrected chi connectivity index (χ0v) is 15.5. The first kappa shape index (κ1) is 17.8. The Bertz CT molecular complexity index is 1020. The van der Waals surface area contributed by atoms with Crippen molar-refractivity contribution in [2.45, 2.75) is 13.3 Å². The number of anilines is 1. The summed E-state index contributed by atoms with van der Waals surface area (Å²) < 4.78 is 2.16. The molecule has 2 aromatic carbocycles. The van der Waals surface area contributed by atoms with E-state index >= 15 is 0 Å². The second-order valence-corrected chi connectivity index (χ2v) is 6.43. The normalized spacial score (nSPS) is 10.7. The molecule has 0 unspecified atom stereocenters. The first-order chi connectivity index (χ1) is 12.5. The third kappa shape index (κ3) is 3.11. The number of aromatic nitrogens is 3. The fraction of sp³-hybridized carbons (Fsp3) is 0.222. The summed E-state index contributed by atoms with van der Waals surface area (Å²) in [6.45, 7) is 1.92. The van der Waals surface area contributed by atoms with Gasteiger partial charge in [0.25, 0.3) is 0 Å². The van der Waals surface area contributed by atoms with Gasteiger partial charge < -0.3 is 10.0 Å². The van der Waals surface area contributed by atoms with Gasteiger partial charge >= 0.3 is 0 Å². The quantitative estimate of drug-likeness (QED) is 0.516. The number of benzene rings is 2. The van der Waals surface area contributed by atoms with Gasteiger partial charge in [-0.05, 0) is 53.6 Å². The van der Waals surface area contributed by atoms with Crippen LogP contribution in [0.25, 0.3) is 17.1 Å². The summed E-state index contributed by atoms with van der Waals surface area (Å²) in [5, 5.41) is 20.5. The number of phenolic OH excluding ortho intramolecular Hbond substituents is 1. The van der Waals surface area contributed by atoms with Crippen LogP contribution in [0.5, 0.6) is 5.75 Å². The molecule has 8 heteroatoms. The summed E-state index contributed by atoms with van der Waals surface area (Å²) >= 11 is 5.40. The van der Waals surface area contributed by atoms with E-state index in [2.05, 4.69) is 15.4 Å². The minimum Gasteiger partial charge on any atom is -0.507 e. The molecule has 3 rings (SSSR count). The number of aromatic hydroxyl groups is 1. The average Bonchev–Trinajstić information content (AvgIpc) is 3.02. The number of H-pyrrole nitrogens is 1. The van der Waals surface area contributed by atoms with Crippen molar-refractivity contribution in [2.75, 3.05) is 19.0 Å². The van der Waals surface area contributed by atoms with Gasteiger partial charge in [-0.3, -0.25) is 9.67 Å². The highest BCUT2D eigenvalue weighted by atomic mass is 32.1. The van der Waals surface area contributed by atoms with E-state index in [0.29, 0.717) is 22.6 Å². The van der Waals surface area contributed by atoms with Gasteiger partial charge in [-0.15, -0.1) is 4.91 Å². The van der Waals surface area contributed by atoms with Crippen LogP contribution in [0.15, 0.2) is 41.6 Å². The zero-order valence-electron chi connectivity index (χ0n) is 14.7. The molecule has 1 aromatic heterocycles. The van der Waals surface area contributed by atoms with Crippen molar-refractivity contribution in [2.24, 2.45) is 5.18 Å². The molecule has 26 heavy (non-hydrogen) atoms. The monoisotopic (exact) mass is 369 g/mol. The van der Waals surface area contributed by atoms with Gasteiger partial charge in [-0.2, -0.15) is 5.10 Å². The first-order valence-electron chi connectivity index (χ1n) is 8.11. The summed E-state index contributed by atoms with van der Waals surface area (Å²) in [6, 6.07) is 10.9. The predicted molar refractivity (Wildman–Crippen MR) is 105 cm³/mol. The van der Waals surface area contributed by atoms with Crippen molar-refractivity contribution >= 4 is 23.6 Å². The highest BCUT2D eigenvalue weighted by Crippen LogP contribution is 2.36. The maximum Gasteiger partial charge on any atom is 0.200 e. The molecule has 2 N–H and O–H groups in total. The Labute approximate surface area is 155 Å². The minimum atomic E-state index is -0.0733. The van der Waals surface area contributed by atoms with Crippen LogP contribution in [0.4, 0.5) is 11.4 Å². The fourth-order valence-corrected chi connectivity index (χ4v) is 3.03. The molecule has 0 amide bonds. The predicted octanol–water partition coefficient (Wildman–Crippen LogP) is 4.33. The van der Waals surface area contributed by atoms with Crippen LogP contribution in [0.1, 0.15) is 12.5 Å². The van der Waals surface area contributed by atoms with Crippen molar-refractivity contribution in [1.82, 2.24) is 14.8 Å². The van der Waals surface area contributed by atoms with Crippen LogP contribution in [0.3, 0.4) is 0 Å². The molecule has 0 radical (unpaired) electrons. The molecule has 0 atom stereocenters. The molecule has 7 nitrogen and oxygen atoms in total. The summed E-state index contributed by atoms with van der Waals surface area (Å²) in [5.74, 6) is 0.395. The number of nitroso groups, excluding NO2 is 1. The highest BCUT2D eigenvalue weighted by molar-refractivity contribution is 7.71. The smallest absolute Gasteiger partial charge is 0.200 e. The lowest BCUT2D eigenvalue weighted by Gasteiger charge is -2.15. The van der Waals surface area contributed by atoms with Crippen LogP contribution < -0.4 is 4.90 Å². The van der Waals surface area contributed by atoms with Gasteiger partial charge in [0.15, 0.2) is 10.6 Å². The van der Waals surface area contributed by atoms with Crippen LogP contribution >= 0.6 is 12.2 Å². The van der Waals surface area contributed by atoms with Crippen LogP contribution in [-0.4, -0.2) is 34.0 Å². The van der Waals surface area contributed by atoms with Gasteiger partial charge in [-0.1, -0.05) is 13.0 Å². The number of aryl methyl sites for hydroxylation is 1. The number of nitrogens with one attached hydrogen (secondary N) is 1. The molecular weight excluding hydrogens is 350 g/mol. The summed E-state index contributed by atoms with van der Waals surface area (Å²) in [5.41, 5.74) is 3.27. The molecule has 1 heterocycles. The maximum atomic E-state index is 11.0. The van der Waals surface area contributed by atoms with Crippen molar-refractivity contribution in [1.29, 1.82) is 0 Å². The third-order valence-electron chi connectivity index (χ3n) is 4.19. The van der Waals surface area contributed by atoms with Gasteiger partial charge in [-0.25, -0.2) is 0 Å². The molecule has 0 aliphatic heterocycles. The van der Waals surface area contributed by atoms with Crippen molar-refractivity contribution in [3.05, 3.63) is 51.6 Å². The molecule has 134 valence electrons. The number of phenols is 1. The molecule has 0 bridgehead atoms. The molecule has 0 aliphatic rings. The Kier molecular flexibility index (Phi) is 4.85. The third-order valence-corrected chi connectivity index (χ3v) is 4.47. The number of rotatable bonds is 5. The number of aromatic amines is 1. The molecule has 0 saturated heterocycles. The Hall–Kier alpha value is -3.00. The molecular formula is C18H19N5O2S. The van der Waals surface area contributed by atoms with Gasteiger partial charge in [0.1, 0.15) is 11.4 Å². The Morgan fingerprint density at radius 2 is 2.08 bits per heavy atom. The van der Waals surface area contributed by atoms with E-state index in [0.717, 1.165) is 16.9 Å². The highest BCUT2D eigenvalue weighted by Gasteiger charge is 2.17. The van der Waals surface area contributed by atoms with E-state index in [9.17, 15) is 10.0 Å². The largest absolute Gasteiger partial charge is 0.507 e. The first-order valence-corrected chi connectivity index (χ1v) is 8.51. The van der Waals surface area contributed by atoms with E-state index in [-0.39, 0.29) is 11.4 Å². The lowest BCUT2D eigenvalue weighted by Crippen LogP contribution is -2.09. The Morgan fingerprint density at radius 1 is 1.31 bits per heavy atom. The van der Waals surface area contributed by atoms with E-state index < -0.39 is 0 Å². The second-order valence-electron chi connectivity index (χ2n) is 6.04. The SMILES string of the molecule is CCc1cc(-c2n[nH]c(=S)n2-c2cccc(N(C)C)c2)c(O)cc1N=O. The van der Waals surface area contributed by atoms with E-state index in [1.54, 1.807) is 10.6 Å². The standard InChI is InChI=1S/C18H19N5O2S/c1-4-11-8-14(16(24)10-15(11)21-25)17-19-20-18(26)23(17)13-7-5-6-12(9-13)22(2)3/h5-10,24H,4H2,1-3H3,(H,20,26). The van der Waals surface area contributed by atoms with Crippen LogP contribution in [-0.2, 0) is 6.42 Å². The Morgan fingerprint density at radius 3 is 2.73 bits per heavy atom. The van der Waals surface area contributed by atoms with Crippen molar-refractivity contribution in [3.63, 3.8) is 0 Å². The number of nitrogens with zero attached hydrogens (tertiary/aromatic N) is 4. The van der Waals surface area contributed by atoms with E-state index in [1.165, 1.54) is 6.07 Å². The topological polar surface area (TPSA) is 86.5 Å². The maximum absolute atomic E-state index is 11.0. The second kappa shape index (κ2) is 7.09. The van der Waals surface area contributed by atoms with E-state index in [4.69, 9.17) is 12.2 Å². The summed E-state index contributed by atoms with van der Waals surface area (Å²) in [6.07, 6.45) is 0.607. The van der Waals surface area contributed by atoms with Gasteiger partial charge in [0, 0.05) is 25.8 Å². The lowest BCUT2D eigenvalue weighted by atomic mass is 10.0. The van der Waals surface area contributed by atoms with Gasteiger partial charge in [0.2, 0.25) is 0 Å². The molecule has 3 aromatic rings. The fourth-order valence-electron chi connectivity index (χ4n) is 2.80. The molecule has 0 saturated carbocycles. The van der Waals surface area contributed by atoms with Crippen LogP contribution in [0.2, 0.25) is 0 Å². The van der Waals surface area contributed by atoms with Crippen LogP contribution in [0, 0.1) is 9.68 Å². The van der Waals surface area contributed by atoms with Gasteiger partial charge in [0.05, 0.1) is 11.3 Å². The average molecular weight is 369 g/mol. The zero-order chi connectivity index (χ0) is 18.8. The molecule has 0 aliphatic carbocycles. The molecule has 0 fully saturated rings. The van der Waals surface area contributed by atoms with E-state index in [1.807, 2.05) is 50.2 Å². The Balaban J connectivity index is 2.23. The van der Waals surface area contributed by atoms with Crippen molar-refractivity contribution < 1.29 is 5.11 Å². The molecule has 0 spiro atoms. The summed E-state index contributed by atoms with van der Waals surface area (Å²) in [4.78, 5) is 13.0. The van der Waals surface area contributed by atoms with Crippen molar-refractivity contribution in [3.8, 4) is 22.8 Å². The number of hydrogen-bond acceptors (Lipinski definition) is 6. The number of hydrogen-bond donors (Lipinski definition) is 2.